The minimum absolute atomic E-state index is 0.0351. The molecule has 0 radical (unpaired) electrons. The minimum atomic E-state index is -0.893. The van der Waals surface area contributed by atoms with Gasteiger partial charge in [-0.2, -0.15) is 0 Å². The Balaban J connectivity index is 2.75. The summed E-state index contributed by atoms with van der Waals surface area (Å²) in [4.78, 5) is 24.7. The van der Waals surface area contributed by atoms with Crippen LogP contribution in [-0.2, 0) is 4.79 Å². The predicted octanol–water partition coefficient (Wildman–Crippen LogP) is 1.99. The molecular formula is C11H15NO3S. The van der Waals surface area contributed by atoms with E-state index in [9.17, 15) is 9.59 Å². The summed E-state index contributed by atoms with van der Waals surface area (Å²) >= 11 is 1.38. The van der Waals surface area contributed by atoms with Gasteiger partial charge < -0.3 is 10.0 Å². The van der Waals surface area contributed by atoms with E-state index < -0.39 is 5.97 Å². The fourth-order valence-electron chi connectivity index (χ4n) is 1.34. The second-order valence-electron chi connectivity index (χ2n) is 3.80. The molecule has 0 saturated carbocycles. The molecule has 1 atom stereocenters. The van der Waals surface area contributed by atoms with Crippen LogP contribution in [0.25, 0.3) is 0 Å². The average Bonchev–Trinajstić information content (AvgIpc) is 2.61. The van der Waals surface area contributed by atoms with Crippen LogP contribution in [0.5, 0.6) is 0 Å². The number of hydrogen-bond acceptors (Lipinski definition) is 3. The molecule has 0 saturated heterocycles. The summed E-state index contributed by atoms with van der Waals surface area (Å²) in [6.45, 7) is 3.61. The van der Waals surface area contributed by atoms with Crippen molar-refractivity contribution >= 4 is 23.2 Å². The maximum Gasteiger partial charge on any atom is 0.305 e. The van der Waals surface area contributed by atoms with Crippen molar-refractivity contribution in [3.63, 3.8) is 0 Å². The first-order valence-electron chi connectivity index (χ1n) is 4.96. The maximum absolute atomic E-state index is 12.0. The van der Waals surface area contributed by atoms with Crippen molar-refractivity contribution in [1.82, 2.24) is 4.90 Å². The first-order valence-corrected chi connectivity index (χ1v) is 5.84. The molecule has 88 valence electrons. The fraction of sp³-hybridized carbons (Fsp3) is 0.455. The van der Waals surface area contributed by atoms with Crippen molar-refractivity contribution < 1.29 is 14.7 Å². The summed E-state index contributed by atoms with van der Waals surface area (Å²) in [5.74, 6) is -1.00. The lowest BCUT2D eigenvalue weighted by atomic mass is 10.2. The zero-order valence-electron chi connectivity index (χ0n) is 9.56. The van der Waals surface area contributed by atoms with E-state index in [2.05, 4.69) is 0 Å². The lowest BCUT2D eigenvalue weighted by Crippen LogP contribution is -2.36. The normalized spacial score (nSPS) is 12.2. The molecule has 16 heavy (non-hydrogen) atoms. The Kier molecular flexibility index (Phi) is 4.06. The molecule has 1 unspecified atom stereocenters. The number of carbonyl (C=O) groups excluding carboxylic acids is 1. The summed E-state index contributed by atoms with van der Waals surface area (Å²) in [6, 6.07) is 1.58. The van der Waals surface area contributed by atoms with Crippen LogP contribution in [0, 0.1) is 6.92 Å². The van der Waals surface area contributed by atoms with Gasteiger partial charge in [0.25, 0.3) is 5.91 Å². The molecule has 1 rings (SSSR count). The van der Waals surface area contributed by atoms with E-state index in [-0.39, 0.29) is 18.4 Å². The van der Waals surface area contributed by atoms with Gasteiger partial charge in [0.1, 0.15) is 0 Å². The Morgan fingerprint density at radius 3 is 2.62 bits per heavy atom. The number of amides is 1. The number of carboxylic acid groups (broad SMARTS) is 1. The van der Waals surface area contributed by atoms with Gasteiger partial charge in [0.15, 0.2) is 0 Å². The molecule has 5 heteroatoms. The first kappa shape index (κ1) is 12.7. The van der Waals surface area contributed by atoms with Crippen LogP contribution in [0.1, 0.15) is 28.6 Å². The van der Waals surface area contributed by atoms with Crippen LogP contribution in [0.2, 0.25) is 0 Å². The third-order valence-electron chi connectivity index (χ3n) is 2.51. The number of rotatable bonds is 4. The van der Waals surface area contributed by atoms with Crippen LogP contribution in [0.3, 0.4) is 0 Å². The SMILES string of the molecule is Cc1ccsc1C(=O)N(C)C(C)CC(=O)O. The monoisotopic (exact) mass is 241 g/mol. The van der Waals surface area contributed by atoms with E-state index in [0.29, 0.717) is 4.88 Å². The van der Waals surface area contributed by atoms with Crippen molar-refractivity contribution in [2.24, 2.45) is 0 Å². The lowest BCUT2D eigenvalue weighted by molar-refractivity contribution is -0.137. The summed E-state index contributed by atoms with van der Waals surface area (Å²) in [5.41, 5.74) is 0.935. The fourth-order valence-corrected chi connectivity index (χ4v) is 2.25. The molecule has 0 bridgehead atoms. The highest BCUT2D eigenvalue weighted by Crippen LogP contribution is 2.18. The smallest absolute Gasteiger partial charge is 0.305 e. The van der Waals surface area contributed by atoms with Gasteiger partial charge in [0.2, 0.25) is 0 Å². The average molecular weight is 241 g/mol. The van der Waals surface area contributed by atoms with Crippen LogP contribution in [0.4, 0.5) is 0 Å². The number of hydrogen-bond donors (Lipinski definition) is 1. The van der Waals surface area contributed by atoms with Crippen molar-refractivity contribution in [2.45, 2.75) is 26.3 Å². The Hall–Kier alpha value is -1.36. The molecule has 0 aliphatic heterocycles. The van der Waals surface area contributed by atoms with Gasteiger partial charge in [-0.1, -0.05) is 0 Å². The van der Waals surface area contributed by atoms with Crippen LogP contribution >= 0.6 is 11.3 Å². The summed E-state index contributed by atoms with van der Waals surface area (Å²) in [7, 11) is 1.63. The van der Waals surface area contributed by atoms with Crippen molar-refractivity contribution in [1.29, 1.82) is 0 Å². The summed E-state index contributed by atoms with van der Waals surface area (Å²) in [5, 5.41) is 10.5. The van der Waals surface area contributed by atoms with Gasteiger partial charge in [-0.05, 0) is 30.9 Å². The molecule has 0 aliphatic carbocycles. The molecule has 0 fully saturated rings. The van der Waals surface area contributed by atoms with E-state index in [1.165, 1.54) is 16.2 Å². The second kappa shape index (κ2) is 5.12. The highest BCUT2D eigenvalue weighted by atomic mass is 32.1. The molecule has 1 aromatic rings. The highest BCUT2D eigenvalue weighted by Gasteiger charge is 2.21. The van der Waals surface area contributed by atoms with Gasteiger partial charge in [0.05, 0.1) is 11.3 Å². The van der Waals surface area contributed by atoms with E-state index in [4.69, 9.17) is 5.11 Å². The molecule has 0 aliphatic rings. The van der Waals surface area contributed by atoms with Gasteiger partial charge >= 0.3 is 5.97 Å². The lowest BCUT2D eigenvalue weighted by Gasteiger charge is -2.23. The maximum atomic E-state index is 12.0. The molecule has 1 heterocycles. The van der Waals surface area contributed by atoms with Gasteiger partial charge in [-0.3, -0.25) is 9.59 Å². The standard InChI is InChI=1S/C11H15NO3S/c1-7-4-5-16-10(7)11(15)12(3)8(2)6-9(13)14/h4-5,8H,6H2,1-3H3,(H,13,14). The number of nitrogens with zero attached hydrogens (tertiary/aromatic N) is 1. The number of carboxylic acids is 1. The number of thiophene rings is 1. The summed E-state index contributed by atoms with van der Waals surface area (Å²) in [6.07, 6.45) is -0.0351. The van der Waals surface area contributed by atoms with Crippen LogP contribution in [-0.4, -0.2) is 35.0 Å². The van der Waals surface area contributed by atoms with E-state index in [0.717, 1.165) is 5.56 Å². The second-order valence-corrected chi connectivity index (χ2v) is 4.71. The third-order valence-corrected chi connectivity index (χ3v) is 3.51. The van der Waals surface area contributed by atoms with Crippen molar-refractivity contribution in [3.8, 4) is 0 Å². The number of aliphatic carboxylic acids is 1. The summed E-state index contributed by atoms with van der Waals surface area (Å²) < 4.78 is 0. The van der Waals surface area contributed by atoms with Crippen molar-refractivity contribution in [2.75, 3.05) is 7.05 Å². The third kappa shape index (κ3) is 2.82. The van der Waals surface area contributed by atoms with E-state index >= 15 is 0 Å². The van der Waals surface area contributed by atoms with Crippen LogP contribution < -0.4 is 0 Å². The minimum Gasteiger partial charge on any atom is -0.481 e. The predicted molar refractivity (Wildman–Crippen MR) is 62.9 cm³/mol. The zero-order valence-corrected chi connectivity index (χ0v) is 10.4. The van der Waals surface area contributed by atoms with Crippen LogP contribution in [0.15, 0.2) is 11.4 Å². The van der Waals surface area contributed by atoms with Gasteiger partial charge in [0, 0.05) is 13.1 Å². The first-order chi connectivity index (χ1) is 7.43. The number of carbonyl (C=O) groups is 2. The Morgan fingerprint density at radius 2 is 2.19 bits per heavy atom. The van der Waals surface area contributed by atoms with E-state index in [1.807, 2.05) is 18.4 Å². The highest BCUT2D eigenvalue weighted by molar-refractivity contribution is 7.12. The zero-order chi connectivity index (χ0) is 12.3. The van der Waals surface area contributed by atoms with E-state index in [1.54, 1.807) is 14.0 Å². The molecule has 4 nitrogen and oxygen atoms in total. The number of aryl methyl sites for hydroxylation is 1. The Bertz CT molecular complexity index is 400. The van der Waals surface area contributed by atoms with Gasteiger partial charge in [-0.25, -0.2) is 0 Å². The molecular weight excluding hydrogens is 226 g/mol. The Labute approximate surface area is 98.5 Å². The molecule has 1 amide bonds. The van der Waals surface area contributed by atoms with Crippen molar-refractivity contribution in [3.05, 3.63) is 21.9 Å². The van der Waals surface area contributed by atoms with Gasteiger partial charge in [-0.15, -0.1) is 11.3 Å². The molecule has 0 aromatic carbocycles. The largest absolute Gasteiger partial charge is 0.481 e. The molecule has 1 aromatic heterocycles. The molecule has 1 N–H and O–H groups in total. The quantitative estimate of drug-likeness (QED) is 0.877. The molecule has 0 spiro atoms. The topological polar surface area (TPSA) is 57.6 Å². The Morgan fingerprint density at radius 1 is 1.56 bits per heavy atom.